The van der Waals surface area contributed by atoms with E-state index in [1.54, 1.807) is 36.4 Å². The van der Waals surface area contributed by atoms with Crippen LogP contribution >= 0.6 is 11.6 Å². The summed E-state index contributed by atoms with van der Waals surface area (Å²) in [5, 5.41) is 14.3. The van der Waals surface area contributed by atoms with Crippen molar-refractivity contribution in [2.24, 2.45) is 4.99 Å². The second-order valence-electron chi connectivity index (χ2n) is 7.08. The highest BCUT2D eigenvalue weighted by atomic mass is 35.5. The van der Waals surface area contributed by atoms with Gasteiger partial charge in [-0.15, -0.1) is 0 Å². The number of halogens is 2. The summed E-state index contributed by atoms with van der Waals surface area (Å²) in [6.07, 6.45) is -0.0720. The first-order valence-corrected chi connectivity index (χ1v) is 10.2. The number of nitrogens with one attached hydrogen (secondary N) is 1. The first-order chi connectivity index (χ1) is 14.5. The molecule has 2 atom stereocenters. The van der Waals surface area contributed by atoms with Crippen molar-refractivity contribution >= 4 is 17.3 Å². The fourth-order valence-electron chi connectivity index (χ4n) is 3.65. The lowest BCUT2D eigenvalue weighted by Gasteiger charge is -2.31. The largest absolute Gasteiger partial charge is 0.508 e. The molecule has 0 aromatic heterocycles. The first kappa shape index (κ1) is 20.4. The zero-order valence-corrected chi connectivity index (χ0v) is 17.2. The summed E-state index contributed by atoms with van der Waals surface area (Å²) >= 11 is 6.17. The SMILES string of the molecule is CCOc1ccc(C2=N[C@@H](c3ccccc3F)N[C@@H](c3cc(Cl)ccc3O)C2)cc1. The molecule has 4 nitrogen and oxygen atoms in total. The number of nitrogens with zero attached hydrogens (tertiary/aromatic N) is 1. The number of hydrogen-bond acceptors (Lipinski definition) is 4. The number of benzene rings is 3. The third-order valence-electron chi connectivity index (χ3n) is 5.10. The van der Waals surface area contributed by atoms with E-state index in [2.05, 4.69) is 5.32 Å². The summed E-state index contributed by atoms with van der Waals surface area (Å²) in [6.45, 7) is 2.53. The van der Waals surface area contributed by atoms with Gasteiger partial charge in [0.25, 0.3) is 0 Å². The smallest absolute Gasteiger partial charge is 0.129 e. The zero-order chi connectivity index (χ0) is 21.1. The van der Waals surface area contributed by atoms with E-state index in [4.69, 9.17) is 21.3 Å². The molecule has 0 amide bonds. The Morgan fingerprint density at radius 2 is 1.87 bits per heavy atom. The average Bonchev–Trinajstić information content (AvgIpc) is 2.76. The molecule has 154 valence electrons. The fourth-order valence-corrected chi connectivity index (χ4v) is 3.83. The Morgan fingerprint density at radius 1 is 1.10 bits per heavy atom. The van der Waals surface area contributed by atoms with Gasteiger partial charge in [0, 0.05) is 34.3 Å². The Balaban J connectivity index is 1.75. The van der Waals surface area contributed by atoms with E-state index >= 15 is 0 Å². The van der Waals surface area contributed by atoms with Crippen LogP contribution in [-0.2, 0) is 0 Å². The molecule has 3 aromatic rings. The number of rotatable bonds is 5. The molecule has 0 unspecified atom stereocenters. The highest BCUT2D eigenvalue weighted by molar-refractivity contribution is 6.30. The summed E-state index contributed by atoms with van der Waals surface area (Å²) in [7, 11) is 0. The molecule has 0 radical (unpaired) electrons. The van der Waals surface area contributed by atoms with Gasteiger partial charge in [0.05, 0.1) is 6.61 Å². The van der Waals surface area contributed by atoms with Crippen LogP contribution in [0.4, 0.5) is 4.39 Å². The number of phenolic OH excluding ortho intramolecular Hbond substituents is 1. The molecule has 2 N–H and O–H groups in total. The minimum atomic E-state index is -0.593. The third kappa shape index (κ3) is 4.32. The van der Waals surface area contributed by atoms with Crippen LogP contribution in [0.3, 0.4) is 0 Å². The lowest BCUT2D eigenvalue weighted by Crippen LogP contribution is -2.33. The number of phenols is 1. The molecule has 1 heterocycles. The molecule has 0 bridgehead atoms. The van der Waals surface area contributed by atoms with E-state index in [0.29, 0.717) is 29.2 Å². The molecular weight excluding hydrogens is 403 g/mol. The van der Waals surface area contributed by atoms with Crippen LogP contribution in [0.5, 0.6) is 11.5 Å². The van der Waals surface area contributed by atoms with Crippen LogP contribution in [0.1, 0.15) is 42.2 Å². The molecule has 1 aliphatic heterocycles. The van der Waals surface area contributed by atoms with Crippen molar-refractivity contribution in [1.82, 2.24) is 5.32 Å². The maximum atomic E-state index is 14.5. The highest BCUT2D eigenvalue weighted by Gasteiger charge is 2.29. The first-order valence-electron chi connectivity index (χ1n) is 9.84. The molecule has 4 rings (SSSR count). The Labute approximate surface area is 180 Å². The number of ether oxygens (including phenoxy) is 1. The Hall–Kier alpha value is -2.89. The van der Waals surface area contributed by atoms with Gasteiger partial charge in [-0.2, -0.15) is 0 Å². The van der Waals surface area contributed by atoms with E-state index in [9.17, 15) is 9.50 Å². The van der Waals surface area contributed by atoms with Crippen LogP contribution in [0.2, 0.25) is 5.02 Å². The Morgan fingerprint density at radius 3 is 2.60 bits per heavy atom. The lowest BCUT2D eigenvalue weighted by atomic mass is 9.93. The third-order valence-corrected chi connectivity index (χ3v) is 5.34. The van der Waals surface area contributed by atoms with Gasteiger partial charge in [-0.3, -0.25) is 10.3 Å². The molecule has 6 heteroatoms. The highest BCUT2D eigenvalue weighted by Crippen LogP contribution is 2.36. The molecule has 0 aliphatic carbocycles. The molecule has 0 fully saturated rings. The Kier molecular flexibility index (Phi) is 6.02. The van der Waals surface area contributed by atoms with Crippen molar-refractivity contribution in [3.63, 3.8) is 0 Å². The Bertz CT molecular complexity index is 1070. The van der Waals surface area contributed by atoms with Gasteiger partial charge >= 0.3 is 0 Å². The van der Waals surface area contributed by atoms with Gasteiger partial charge in [-0.1, -0.05) is 29.8 Å². The molecule has 0 saturated carbocycles. The second kappa shape index (κ2) is 8.86. The predicted octanol–water partition coefficient (Wildman–Crippen LogP) is 5.81. The van der Waals surface area contributed by atoms with Gasteiger partial charge in [0.15, 0.2) is 0 Å². The minimum absolute atomic E-state index is 0.136. The molecule has 30 heavy (non-hydrogen) atoms. The van der Waals surface area contributed by atoms with Gasteiger partial charge in [0.2, 0.25) is 0 Å². The molecular formula is C24H22ClFN2O2. The summed E-state index contributed by atoms with van der Waals surface area (Å²) < 4.78 is 20.0. The van der Waals surface area contributed by atoms with Crippen molar-refractivity contribution in [2.75, 3.05) is 6.61 Å². The lowest BCUT2D eigenvalue weighted by molar-refractivity contribution is 0.340. The van der Waals surface area contributed by atoms with E-state index in [1.807, 2.05) is 31.2 Å². The zero-order valence-electron chi connectivity index (χ0n) is 16.5. The maximum Gasteiger partial charge on any atom is 0.129 e. The van der Waals surface area contributed by atoms with E-state index in [-0.39, 0.29) is 17.6 Å². The number of hydrogen-bond donors (Lipinski definition) is 2. The van der Waals surface area contributed by atoms with Crippen LogP contribution in [0.15, 0.2) is 71.7 Å². The van der Waals surface area contributed by atoms with Gasteiger partial charge in [-0.05, 0) is 61.0 Å². The van der Waals surface area contributed by atoms with Crippen molar-refractivity contribution in [3.05, 3.63) is 94.3 Å². The topological polar surface area (TPSA) is 53.8 Å². The van der Waals surface area contributed by atoms with Crippen LogP contribution in [0.25, 0.3) is 0 Å². The standard InChI is InChI=1S/C24H22ClFN2O2/c1-2-30-17-10-7-15(8-11-17)21-14-22(19-13-16(25)9-12-23(19)29)28-24(27-21)18-5-3-4-6-20(18)26/h3-13,22,24,28-29H,2,14H2,1H3/t22-,24-/m1/s1. The maximum absolute atomic E-state index is 14.5. The molecule has 1 aliphatic rings. The minimum Gasteiger partial charge on any atom is -0.508 e. The van der Waals surface area contributed by atoms with Crippen molar-refractivity contribution in [1.29, 1.82) is 0 Å². The monoisotopic (exact) mass is 424 g/mol. The van der Waals surface area contributed by atoms with Gasteiger partial charge in [-0.25, -0.2) is 4.39 Å². The van der Waals surface area contributed by atoms with Crippen molar-refractivity contribution < 1.29 is 14.2 Å². The molecule has 0 saturated heterocycles. The second-order valence-corrected chi connectivity index (χ2v) is 7.52. The van der Waals surface area contributed by atoms with Crippen LogP contribution in [0, 0.1) is 5.82 Å². The van der Waals surface area contributed by atoms with E-state index in [1.165, 1.54) is 6.07 Å². The molecule has 3 aromatic carbocycles. The quantitative estimate of drug-likeness (QED) is 0.543. The summed E-state index contributed by atoms with van der Waals surface area (Å²) in [4.78, 5) is 4.80. The predicted molar refractivity (Wildman–Crippen MR) is 117 cm³/mol. The summed E-state index contributed by atoms with van der Waals surface area (Å²) in [5.74, 6) is 0.586. The summed E-state index contributed by atoms with van der Waals surface area (Å²) in [6, 6.07) is 18.9. The van der Waals surface area contributed by atoms with Crippen molar-refractivity contribution in [3.8, 4) is 11.5 Å². The number of aliphatic imine (C=N–C) groups is 1. The van der Waals surface area contributed by atoms with Crippen molar-refractivity contribution in [2.45, 2.75) is 25.6 Å². The van der Waals surface area contributed by atoms with Gasteiger partial charge in [0.1, 0.15) is 23.5 Å². The van der Waals surface area contributed by atoms with E-state index < -0.39 is 6.17 Å². The summed E-state index contributed by atoms with van der Waals surface area (Å²) in [5.41, 5.74) is 2.84. The fraction of sp³-hybridized carbons (Fsp3) is 0.208. The van der Waals surface area contributed by atoms with E-state index in [0.717, 1.165) is 17.0 Å². The van der Waals surface area contributed by atoms with Crippen LogP contribution in [-0.4, -0.2) is 17.4 Å². The van der Waals surface area contributed by atoms with Crippen LogP contribution < -0.4 is 10.1 Å². The van der Waals surface area contributed by atoms with Gasteiger partial charge < -0.3 is 9.84 Å². The number of aromatic hydroxyl groups is 1. The molecule has 0 spiro atoms. The normalized spacial score (nSPS) is 18.7. The average molecular weight is 425 g/mol.